The van der Waals surface area contributed by atoms with Crippen molar-refractivity contribution in [3.8, 4) is 149 Å². The van der Waals surface area contributed by atoms with Crippen molar-refractivity contribution in [1.29, 1.82) is 0 Å². The maximum absolute atomic E-state index is 7.07. The summed E-state index contributed by atoms with van der Waals surface area (Å²) in [5, 5.41) is 0. The first-order valence-electron chi connectivity index (χ1n) is 32.2. The van der Waals surface area contributed by atoms with E-state index in [1.165, 1.54) is 0 Å². The molecular formula is C96H58O. The molecule has 0 saturated heterocycles. The highest BCUT2D eigenvalue weighted by Crippen LogP contribution is 2.40. The van der Waals surface area contributed by atoms with Gasteiger partial charge in [0.1, 0.15) is 11.5 Å². The third kappa shape index (κ3) is 14.3. The molecule has 0 aliphatic heterocycles. The molecule has 448 valence electrons. The fourth-order valence-corrected chi connectivity index (χ4v) is 11.8. The first kappa shape index (κ1) is 60.8. The second-order valence-electron chi connectivity index (χ2n) is 22.8. The van der Waals surface area contributed by atoms with Gasteiger partial charge in [-0.05, 0) is 142 Å². The van der Waals surface area contributed by atoms with E-state index in [2.05, 4.69) is 253 Å². The van der Waals surface area contributed by atoms with Crippen LogP contribution in [-0.4, -0.2) is 0 Å². The SMILES string of the molecule is C(#Cc1ccccc1-c1ccccc1C#Cc1ccccc1-c1ccccc1C#Cc1ccccc1-c1ccccc1Oc1ccccc1-c1ccccc1C#Cc1ccccc1-c1ccccc1C#Cc1ccccc1-c1ccccc1C#Cc1ccccc1)c1ccccc1. The van der Waals surface area contributed by atoms with E-state index in [4.69, 9.17) is 4.74 Å². The lowest BCUT2D eigenvalue weighted by Crippen LogP contribution is -1.94. The summed E-state index contributed by atoms with van der Waals surface area (Å²) in [4.78, 5) is 0. The van der Waals surface area contributed by atoms with Crippen molar-refractivity contribution in [3.05, 3.63) is 419 Å². The molecule has 0 unspecified atom stereocenters. The minimum atomic E-state index is 0.697. The van der Waals surface area contributed by atoms with Crippen LogP contribution in [-0.2, 0) is 0 Å². The van der Waals surface area contributed by atoms with Gasteiger partial charge in [0.25, 0.3) is 0 Å². The molecule has 97 heavy (non-hydrogen) atoms. The summed E-state index contributed by atoms with van der Waals surface area (Å²) in [6, 6.07) is 119. The van der Waals surface area contributed by atoms with E-state index in [-0.39, 0.29) is 0 Å². The Morgan fingerprint density at radius 2 is 0.268 bits per heavy atom. The fraction of sp³-hybridized carbons (Fsp3) is 0. The molecule has 0 N–H and O–H groups in total. The summed E-state index contributed by atoms with van der Waals surface area (Å²) in [6.45, 7) is 0. The van der Waals surface area contributed by atoms with Crippen LogP contribution in [0.5, 0.6) is 11.5 Å². The van der Waals surface area contributed by atoms with Crippen LogP contribution < -0.4 is 4.74 Å². The summed E-state index contributed by atoms with van der Waals surface area (Å²) in [5.74, 6) is 43.6. The molecule has 14 rings (SSSR count). The Morgan fingerprint density at radius 3 is 0.474 bits per heavy atom. The van der Waals surface area contributed by atoms with Crippen molar-refractivity contribution >= 4 is 0 Å². The van der Waals surface area contributed by atoms with E-state index in [1.54, 1.807) is 0 Å². The Hall–Kier alpha value is -13.8. The molecule has 0 fully saturated rings. The number of hydrogen-bond donors (Lipinski definition) is 0. The van der Waals surface area contributed by atoms with Gasteiger partial charge < -0.3 is 4.74 Å². The van der Waals surface area contributed by atoms with E-state index in [0.717, 1.165) is 134 Å². The second-order valence-corrected chi connectivity index (χ2v) is 22.8. The van der Waals surface area contributed by atoms with Crippen LogP contribution in [0.3, 0.4) is 0 Å². The van der Waals surface area contributed by atoms with Crippen molar-refractivity contribution < 1.29 is 4.74 Å². The lowest BCUT2D eigenvalue weighted by Gasteiger charge is -2.16. The molecule has 14 aromatic carbocycles. The van der Waals surface area contributed by atoms with E-state index >= 15 is 0 Å². The smallest absolute Gasteiger partial charge is 0.135 e. The molecule has 0 aliphatic rings. The summed E-state index contributed by atoms with van der Waals surface area (Å²) >= 11 is 0. The Bertz CT molecular complexity index is 5300. The highest BCUT2D eigenvalue weighted by atomic mass is 16.5. The summed E-state index contributed by atoms with van der Waals surface area (Å²) in [6.07, 6.45) is 0. The minimum Gasteiger partial charge on any atom is -0.456 e. The Labute approximate surface area is 569 Å². The quantitative estimate of drug-likeness (QED) is 0.138. The highest BCUT2D eigenvalue weighted by Gasteiger charge is 2.17. The van der Waals surface area contributed by atoms with Crippen molar-refractivity contribution in [3.63, 3.8) is 0 Å². The maximum Gasteiger partial charge on any atom is 0.135 e. The summed E-state index contributed by atoms with van der Waals surface area (Å²) < 4.78 is 7.07. The van der Waals surface area contributed by atoms with Crippen molar-refractivity contribution in [1.82, 2.24) is 0 Å². The van der Waals surface area contributed by atoms with Crippen LogP contribution in [0.2, 0.25) is 0 Å². The van der Waals surface area contributed by atoms with E-state index in [0.29, 0.717) is 11.5 Å². The number of ether oxygens (including phenoxy) is 1. The van der Waals surface area contributed by atoms with Crippen LogP contribution in [0.15, 0.2) is 352 Å². The van der Waals surface area contributed by atoms with Gasteiger partial charge in [-0.1, -0.05) is 326 Å². The van der Waals surface area contributed by atoms with Crippen molar-refractivity contribution in [2.75, 3.05) is 0 Å². The van der Waals surface area contributed by atoms with Crippen LogP contribution in [0.1, 0.15) is 66.8 Å². The Kier molecular flexibility index (Phi) is 18.6. The molecule has 0 bridgehead atoms. The van der Waals surface area contributed by atoms with Crippen LogP contribution in [0.25, 0.3) is 66.8 Å². The first-order chi connectivity index (χ1) is 48.1. The standard InChI is InChI=1S/C96H58O/c1-3-31-71(32-4-1)59-61-73-35-7-17-45-83(73)85-47-19-9-37-75(85)63-65-77-39-11-21-49-87(77)89-51-23-13-41-79(89)67-69-81-43-15-25-53-91(81)93-55-27-29-57-95(93)97-96-58-30-28-56-94(96)92-54-26-16-44-82(92)70-68-80-42-14-24-52-90(80)88-50-22-12-40-78(88)66-64-76-38-10-20-48-86(76)84-46-18-8-36-74(84)62-60-72-33-5-2-6-34-72/h1-58H. The molecule has 0 radical (unpaired) electrons. The monoisotopic (exact) mass is 1230 g/mol. The van der Waals surface area contributed by atoms with Gasteiger partial charge in [-0.15, -0.1) is 0 Å². The van der Waals surface area contributed by atoms with E-state index in [9.17, 15) is 0 Å². The van der Waals surface area contributed by atoms with Gasteiger partial charge in [-0.25, -0.2) is 0 Å². The van der Waals surface area contributed by atoms with Gasteiger partial charge in [-0.3, -0.25) is 0 Å². The molecular weight excluding hydrogens is 1170 g/mol. The summed E-state index contributed by atoms with van der Waals surface area (Å²) in [5.41, 5.74) is 22.8. The maximum atomic E-state index is 7.07. The molecule has 1 heteroatoms. The van der Waals surface area contributed by atoms with Gasteiger partial charge in [0.2, 0.25) is 0 Å². The molecule has 0 heterocycles. The molecule has 0 aliphatic carbocycles. The average Bonchev–Trinajstić information content (AvgIpc) is 0.876. The fourth-order valence-electron chi connectivity index (χ4n) is 11.8. The molecule has 1 nitrogen and oxygen atoms in total. The zero-order valence-electron chi connectivity index (χ0n) is 52.9. The number of para-hydroxylation sites is 2. The largest absolute Gasteiger partial charge is 0.456 e. The van der Waals surface area contributed by atoms with Gasteiger partial charge >= 0.3 is 0 Å². The number of hydrogen-bond acceptors (Lipinski definition) is 1. The molecule has 0 atom stereocenters. The van der Waals surface area contributed by atoms with Crippen LogP contribution in [0.4, 0.5) is 0 Å². The minimum absolute atomic E-state index is 0.697. The van der Waals surface area contributed by atoms with Gasteiger partial charge in [0.05, 0.1) is 0 Å². The van der Waals surface area contributed by atoms with Gasteiger partial charge in [-0.2, -0.15) is 0 Å². The molecule has 14 aromatic rings. The summed E-state index contributed by atoms with van der Waals surface area (Å²) in [7, 11) is 0. The molecule has 0 aromatic heterocycles. The number of rotatable bonds is 8. The normalized spacial score (nSPS) is 10.2. The van der Waals surface area contributed by atoms with Gasteiger partial charge in [0.15, 0.2) is 0 Å². The topological polar surface area (TPSA) is 9.23 Å². The van der Waals surface area contributed by atoms with Crippen molar-refractivity contribution in [2.24, 2.45) is 0 Å². The van der Waals surface area contributed by atoms with Crippen molar-refractivity contribution in [2.45, 2.75) is 0 Å². The first-order valence-corrected chi connectivity index (χ1v) is 32.2. The predicted octanol–water partition coefficient (Wildman–Crippen LogP) is 21.9. The lowest BCUT2D eigenvalue weighted by molar-refractivity contribution is 0.486. The average molecular weight is 1230 g/mol. The van der Waals surface area contributed by atoms with Gasteiger partial charge in [0, 0.05) is 89.0 Å². The zero-order chi connectivity index (χ0) is 65.2. The Morgan fingerprint density at radius 1 is 0.124 bits per heavy atom. The highest BCUT2D eigenvalue weighted by molar-refractivity contribution is 5.85. The van der Waals surface area contributed by atoms with Crippen LogP contribution in [0, 0.1) is 71.0 Å². The number of benzene rings is 14. The molecule has 0 amide bonds. The molecule has 0 saturated carbocycles. The third-order valence-corrected chi connectivity index (χ3v) is 16.6. The zero-order valence-corrected chi connectivity index (χ0v) is 52.9. The van der Waals surface area contributed by atoms with E-state index in [1.807, 2.05) is 170 Å². The third-order valence-electron chi connectivity index (χ3n) is 16.6. The molecule has 0 spiro atoms. The Balaban J connectivity index is 0.734. The van der Waals surface area contributed by atoms with E-state index < -0.39 is 0 Å². The predicted molar refractivity (Wildman–Crippen MR) is 400 cm³/mol. The van der Waals surface area contributed by atoms with Crippen LogP contribution >= 0.6 is 0 Å². The lowest BCUT2D eigenvalue weighted by atomic mass is 9.93. The second kappa shape index (κ2) is 29.7.